The van der Waals surface area contributed by atoms with E-state index in [2.05, 4.69) is 59.8 Å². The molecular weight excluding hydrogens is 356 g/mol. The number of ether oxygens (including phenoxy) is 1. The van der Waals surface area contributed by atoms with Gasteiger partial charge in [0, 0.05) is 5.56 Å². The first kappa shape index (κ1) is 23.2. The van der Waals surface area contributed by atoms with Gasteiger partial charge in [0.25, 0.3) is 0 Å². The maximum Gasteiger partial charge on any atom is 0.152 e. The molecule has 0 unspecified atom stereocenters. The number of carbonyl (C=O) groups is 1. The van der Waals surface area contributed by atoms with E-state index in [1.54, 1.807) is 13.0 Å². The van der Waals surface area contributed by atoms with Crippen molar-refractivity contribution in [1.29, 1.82) is 0 Å². The van der Waals surface area contributed by atoms with Crippen LogP contribution in [0.3, 0.4) is 0 Å². The zero-order valence-corrected chi connectivity index (χ0v) is 19.6. The molecule has 158 valence electrons. The van der Waals surface area contributed by atoms with E-state index >= 15 is 0 Å². The molecule has 1 aliphatic rings. The van der Waals surface area contributed by atoms with Gasteiger partial charge in [0.1, 0.15) is 5.75 Å². The average molecular weight is 395 g/mol. The first-order valence-electron chi connectivity index (χ1n) is 10.8. The van der Waals surface area contributed by atoms with Crippen LogP contribution in [0.15, 0.2) is 42.0 Å². The Balaban J connectivity index is 2.53. The molecule has 0 saturated carbocycles. The zero-order chi connectivity index (χ0) is 21.8. The lowest BCUT2D eigenvalue weighted by molar-refractivity contribution is -0.112. The van der Waals surface area contributed by atoms with Gasteiger partial charge in [-0.25, -0.2) is 0 Å². The summed E-state index contributed by atoms with van der Waals surface area (Å²) in [6.07, 6.45) is 11.1. The molecule has 0 aliphatic heterocycles. The van der Waals surface area contributed by atoms with Crippen molar-refractivity contribution in [2.45, 2.75) is 85.5 Å². The fourth-order valence-electron chi connectivity index (χ4n) is 4.04. The summed E-state index contributed by atoms with van der Waals surface area (Å²) in [5.41, 5.74) is 6.49. The van der Waals surface area contributed by atoms with E-state index in [0.717, 1.165) is 24.4 Å². The van der Waals surface area contributed by atoms with Gasteiger partial charge < -0.3 is 4.74 Å². The van der Waals surface area contributed by atoms with E-state index in [4.69, 9.17) is 4.74 Å². The molecule has 0 atom stereocenters. The van der Waals surface area contributed by atoms with Gasteiger partial charge in [-0.15, -0.1) is 0 Å². The summed E-state index contributed by atoms with van der Waals surface area (Å²) in [5.74, 6) is 1.05. The predicted molar refractivity (Wildman–Crippen MR) is 125 cm³/mol. The largest absolute Gasteiger partial charge is 0.493 e. The third kappa shape index (κ3) is 5.72. The summed E-state index contributed by atoms with van der Waals surface area (Å²) in [4.78, 5) is 11.2. The van der Waals surface area contributed by atoms with Crippen molar-refractivity contribution in [3.8, 4) is 5.75 Å². The molecule has 1 aromatic rings. The van der Waals surface area contributed by atoms with Crippen LogP contribution in [0.4, 0.5) is 0 Å². The van der Waals surface area contributed by atoms with Gasteiger partial charge in [-0.3, -0.25) is 4.79 Å². The smallest absolute Gasteiger partial charge is 0.152 e. The molecule has 1 aromatic carbocycles. The fraction of sp³-hybridized carbons (Fsp3) is 0.519. The fourth-order valence-corrected chi connectivity index (χ4v) is 4.04. The van der Waals surface area contributed by atoms with E-state index in [-0.39, 0.29) is 16.6 Å². The topological polar surface area (TPSA) is 26.3 Å². The minimum Gasteiger partial charge on any atom is -0.493 e. The molecule has 0 saturated heterocycles. The molecule has 0 spiro atoms. The van der Waals surface area contributed by atoms with Crippen molar-refractivity contribution in [3.63, 3.8) is 0 Å². The Hall–Kier alpha value is -2.09. The lowest BCUT2D eigenvalue weighted by atomic mass is 9.62. The summed E-state index contributed by atoms with van der Waals surface area (Å²) in [7, 11) is 0. The van der Waals surface area contributed by atoms with Crippen LogP contribution in [0.25, 0.3) is 5.57 Å². The summed E-state index contributed by atoms with van der Waals surface area (Å²) < 4.78 is 6.19. The number of benzene rings is 1. The second-order valence-corrected chi connectivity index (χ2v) is 9.72. The van der Waals surface area contributed by atoms with Crippen LogP contribution in [0.5, 0.6) is 5.75 Å². The molecular formula is C27H38O2. The lowest BCUT2D eigenvalue weighted by Crippen LogP contribution is -2.34. The molecule has 0 aromatic heterocycles. The van der Waals surface area contributed by atoms with Crippen molar-refractivity contribution in [2.75, 3.05) is 6.61 Å². The third-order valence-electron chi connectivity index (χ3n) is 5.98. The normalized spacial score (nSPS) is 18.6. The SMILES string of the molecule is CCCOc1cc2c(cc1\C(C)=C/C=C/C(C)=C/C(C)=O)C(C)(C)CCC2(C)C. The van der Waals surface area contributed by atoms with E-state index in [0.29, 0.717) is 0 Å². The van der Waals surface area contributed by atoms with Gasteiger partial charge in [-0.2, -0.15) is 0 Å². The van der Waals surface area contributed by atoms with Crippen LogP contribution in [0.1, 0.15) is 91.3 Å². The quantitative estimate of drug-likeness (QED) is 0.358. The highest BCUT2D eigenvalue weighted by molar-refractivity contribution is 5.88. The Morgan fingerprint density at radius 1 is 1.03 bits per heavy atom. The lowest BCUT2D eigenvalue weighted by Gasteiger charge is -2.42. The van der Waals surface area contributed by atoms with Gasteiger partial charge in [-0.05, 0) is 91.3 Å². The van der Waals surface area contributed by atoms with Crippen molar-refractivity contribution >= 4 is 11.4 Å². The van der Waals surface area contributed by atoms with Gasteiger partial charge in [0.05, 0.1) is 6.61 Å². The number of carbonyl (C=O) groups excluding carboxylic acids is 1. The molecule has 2 rings (SSSR count). The molecule has 0 N–H and O–H groups in total. The minimum atomic E-state index is 0.0719. The summed E-state index contributed by atoms with van der Waals surface area (Å²) in [6.45, 7) is 17.9. The van der Waals surface area contributed by atoms with Crippen LogP contribution in [-0.2, 0) is 15.6 Å². The first-order chi connectivity index (χ1) is 13.5. The van der Waals surface area contributed by atoms with Crippen molar-refractivity contribution in [2.24, 2.45) is 0 Å². The number of ketones is 1. The van der Waals surface area contributed by atoms with Crippen LogP contribution in [0, 0.1) is 0 Å². The van der Waals surface area contributed by atoms with Crippen molar-refractivity contribution in [3.05, 3.63) is 58.7 Å². The number of allylic oxidation sites excluding steroid dienone is 6. The number of hydrogen-bond donors (Lipinski definition) is 0. The first-order valence-corrected chi connectivity index (χ1v) is 10.8. The highest BCUT2D eigenvalue weighted by Crippen LogP contribution is 2.48. The molecule has 29 heavy (non-hydrogen) atoms. The van der Waals surface area contributed by atoms with E-state index in [9.17, 15) is 4.79 Å². The average Bonchev–Trinajstić information content (AvgIpc) is 2.62. The second kappa shape index (κ2) is 9.15. The van der Waals surface area contributed by atoms with Crippen LogP contribution in [-0.4, -0.2) is 12.4 Å². The van der Waals surface area contributed by atoms with Crippen LogP contribution in [0.2, 0.25) is 0 Å². The second-order valence-electron chi connectivity index (χ2n) is 9.72. The highest BCUT2D eigenvalue weighted by atomic mass is 16.5. The Morgan fingerprint density at radius 3 is 2.17 bits per heavy atom. The predicted octanol–water partition coefficient (Wildman–Crippen LogP) is 7.32. The van der Waals surface area contributed by atoms with E-state index < -0.39 is 0 Å². The number of hydrogen-bond acceptors (Lipinski definition) is 2. The third-order valence-corrected chi connectivity index (χ3v) is 5.98. The monoisotopic (exact) mass is 394 g/mol. The van der Waals surface area contributed by atoms with Gasteiger partial charge in [0.15, 0.2) is 5.78 Å². The number of fused-ring (bicyclic) bond motifs is 1. The Kier molecular flexibility index (Phi) is 7.32. The van der Waals surface area contributed by atoms with Gasteiger partial charge in [-0.1, -0.05) is 52.8 Å². The Bertz CT molecular complexity index is 848. The van der Waals surface area contributed by atoms with Gasteiger partial charge in [0.2, 0.25) is 0 Å². The standard InChI is InChI=1S/C27H38O2/c1-9-15-29-25-18-24-23(26(5,6)13-14-27(24,7)8)17-22(25)20(3)12-10-11-19(2)16-21(4)28/h10-12,16-18H,9,13-15H2,1-8H3/b11-10+,19-16+,20-12-. The number of rotatable bonds is 7. The van der Waals surface area contributed by atoms with E-state index in [1.165, 1.54) is 35.1 Å². The van der Waals surface area contributed by atoms with Gasteiger partial charge >= 0.3 is 0 Å². The molecule has 0 heterocycles. The minimum absolute atomic E-state index is 0.0719. The summed E-state index contributed by atoms with van der Waals surface area (Å²) in [6, 6.07) is 4.66. The van der Waals surface area contributed by atoms with Crippen LogP contribution >= 0.6 is 0 Å². The highest BCUT2D eigenvalue weighted by Gasteiger charge is 2.38. The molecule has 1 aliphatic carbocycles. The molecule has 0 bridgehead atoms. The summed E-state index contributed by atoms with van der Waals surface area (Å²) in [5, 5.41) is 0. The van der Waals surface area contributed by atoms with Crippen LogP contribution < -0.4 is 4.74 Å². The zero-order valence-electron chi connectivity index (χ0n) is 19.6. The Labute approximate surface area is 177 Å². The summed E-state index contributed by atoms with van der Waals surface area (Å²) >= 11 is 0. The molecule has 2 nitrogen and oxygen atoms in total. The molecule has 2 heteroatoms. The molecule has 0 fully saturated rings. The van der Waals surface area contributed by atoms with Crippen molar-refractivity contribution in [1.82, 2.24) is 0 Å². The van der Waals surface area contributed by atoms with E-state index in [1.807, 2.05) is 19.1 Å². The maximum absolute atomic E-state index is 11.2. The molecule has 0 amide bonds. The maximum atomic E-state index is 11.2. The Morgan fingerprint density at radius 2 is 1.62 bits per heavy atom. The molecule has 0 radical (unpaired) electrons. The van der Waals surface area contributed by atoms with Crippen molar-refractivity contribution < 1.29 is 9.53 Å².